The van der Waals surface area contributed by atoms with E-state index in [2.05, 4.69) is 48.3 Å². The van der Waals surface area contributed by atoms with Crippen LogP contribution in [-0.2, 0) is 32.8 Å². The normalized spacial score (nSPS) is 27.7. The predicted octanol–water partition coefficient (Wildman–Crippen LogP) is 0.709. The van der Waals surface area contributed by atoms with Crippen molar-refractivity contribution in [2.45, 2.75) is 69.1 Å². The largest absolute Gasteiger partial charge is 0.405 e. The number of aromatic nitrogens is 4. The average Bonchev–Trinajstić information content (AvgIpc) is 3.32. The Kier molecular flexibility index (Phi) is 8.64. The fraction of sp³-hybridized carbons (Fsp3) is 0.630. The fourth-order valence-electron chi connectivity index (χ4n) is 5.44. The standard InChI is InChI=1S/C27H34N9O8P/c1-4-5-8-27(33-34-27)14-19(37)29-9-6-7-18-31-23(28)20-24(32-18)36(16-30-20)25-22-21(43-26(2,3)44-22)17(42-25)15-41-45(38,39)35-10-12-40-13-11-35/h1,16-17,21-22,25H,5,8-15H2,2-3H3,(H,29,37)(H,38,39)(H2,28,31,32)/t17-,21?,22?,25-/m0/s1. The summed E-state index contributed by atoms with van der Waals surface area (Å²) in [4.78, 5) is 36.0. The summed E-state index contributed by atoms with van der Waals surface area (Å²) in [5.74, 6) is 7.18. The zero-order chi connectivity index (χ0) is 31.8. The van der Waals surface area contributed by atoms with E-state index in [0.29, 0.717) is 37.2 Å². The van der Waals surface area contributed by atoms with E-state index in [1.807, 2.05) is 0 Å². The molecule has 2 aromatic rings. The highest BCUT2D eigenvalue weighted by atomic mass is 31.2. The minimum atomic E-state index is -4.09. The Morgan fingerprint density at radius 3 is 2.76 bits per heavy atom. The Hall–Kier alpha value is -3.51. The third-order valence-corrected chi connectivity index (χ3v) is 9.27. The monoisotopic (exact) mass is 643 g/mol. The Bertz CT molecular complexity index is 1630. The molecule has 240 valence electrons. The first-order valence-electron chi connectivity index (χ1n) is 14.4. The van der Waals surface area contributed by atoms with Gasteiger partial charge in [-0.3, -0.25) is 13.9 Å². The highest BCUT2D eigenvalue weighted by Gasteiger charge is 2.56. The van der Waals surface area contributed by atoms with E-state index in [1.54, 1.807) is 18.4 Å². The molecule has 0 radical (unpaired) electrons. The lowest BCUT2D eigenvalue weighted by atomic mass is 10.0. The molecule has 0 spiro atoms. The number of ether oxygens (including phenoxy) is 4. The van der Waals surface area contributed by atoms with Crippen molar-refractivity contribution in [1.82, 2.24) is 29.5 Å². The van der Waals surface area contributed by atoms with Gasteiger partial charge in [0.1, 0.15) is 23.8 Å². The maximum absolute atomic E-state index is 12.9. The van der Waals surface area contributed by atoms with Gasteiger partial charge in [0.25, 0.3) is 0 Å². The van der Waals surface area contributed by atoms with Crippen LogP contribution in [0.5, 0.6) is 0 Å². The molecule has 0 aliphatic carbocycles. The lowest BCUT2D eigenvalue weighted by Crippen LogP contribution is -2.36. The number of rotatable bonds is 10. The zero-order valence-electron chi connectivity index (χ0n) is 24.8. The summed E-state index contributed by atoms with van der Waals surface area (Å²) in [5.41, 5.74) is 6.14. The molecule has 0 saturated carbocycles. The molecule has 45 heavy (non-hydrogen) atoms. The highest BCUT2D eigenvalue weighted by molar-refractivity contribution is 7.50. The lowest BCUT2D eigenvalue weighted by molar-refractivity contribution is -0.199. The van der Waals surface area contributed by atoms with Crippen LogP contribution in [0.15, 0.2) is 16.6 Å². The number of nitrogens with two attached hydrogens (primary N) is 1. The smallest absolute Gasteiger partial charge is 0.382 e. The van der Waals surface area contributed by atoms with Crippen LogP contribution in [0, 0.1) is 24.2 Å². The van der Waals surface area contributed by atoms with Gasteiger partial charge in [0.05, 0.1) is 39.1 Å². The molecule has 6 rings (SSSR count). The van der Waals surface area contributed by atoms with Gasteiger partial charge in [-0.15, -0.1) is 12.3 Å². The summed E-state index contributed by atoms with van der Waals surface area (Å²) in [5, 5.41) is 10.6. The van der Waals surface area contributed by atoms with Crippen molar-refractivity contribution in [3.8, 4) is 24.2 Å². The van der Waals surface area contributed by atoms with Crippen LogP contribution >= 0.6 is 7.75 Å². The van der Waals surface area contributed by atoms with E-state index in [0.717, 1.165) is 0 Å². The van der Waals surface area contributed by atoms with Crippen LogP contribution in [0.25, 0.3) is 11.2 Å². The van der Waals surface area contributed by atoms with Gasteiger partial charge in [0.2, 0.25) is 17.4 Å². The number of nitrogens with one attached hydrogen (secondary N) is 1. The molecule has 4 aliphatic heterocycles. The van der Waals surface area contributed by atoms with Gasteiger partial charge < -0.3 is 34.9 Å². The average molecular weight is 644 g/mol. The number of fused-ring (bicyclic) bond motifs is 2. The number of anilines is 1. The molecular weight excluding hydrogens is 609 g/mol. The van der Waals surface area contributed by atoms with Gasteiger partial charge in [0.15, 0.2) is 23.5 Å². The Morgan fingerprint density at radius 1 is 1.27 bits per heavy atom. The second-order valence-electron chi connectivity index (χ2n) is 11.4. The number of morpholine rings is 1. The third kappa shape index (κ3) is 6.86. The Balaban J connectivity index is 1.15. The summed E-state index contributed by atoms with van der Waals surface area (Å²) in [7, 11) is -4.09. The molecule has 5 atom stereocenters. The van der Waals surface area contributed by atoms with Gasteiger partial charge in [-0.1, -0.05) is 5.92 Å². The van der Waals surface area contributed by atoms with Crippen LogP contribution in [0.2, 0.25) is 0 Å². The number of hydrogen-bond donors (Lipinski definition) is 3. The van der Waals surface area contributed by atoms with Crippen molar-refractivity contribution in [2.24, 2.45) is 10.2 Å². The number of carbonyl (C=O) groups is 1. The minimum Gasteiger partial charge on any atom is -0.382 e. The molecule has 4 N–H and O–H groups in total. The van der Waals surface area contributed by atoms with E-state index in [4.69, 9.17) is 35.6 Å². The summed E-state index contributed by atoms with van der Waals surface area (Å²) in [6.45, 7) is 4.61. The van der Waals surface area contributed by atoms with Crippen molar-refractivity contribution in [1.29, 1.82) is 0 Å². The second kappa shape index (κ2) is 12.4. The van der Waals surface area contributed by atoms with Gasteiger partial charge in [0, 0.05) is 25.9 Å². The van der Waals surface area contributed by atoms with E-state index in [-0.39, 0.29) is 50.2 Å². The Morgan fingerprint density at radius 2 is 2.02 bits per heavy atom. The summed E-state index contributed by atoms with van der Waals surface area (Å²) in [6.07, 6.45) is 5.14. The fourth-order valence-corrected chi connectivity index (χ4v) is 6.62. The van der Waals surface area contributed by atoms with Crippen molar-refractivity contribution in [3.63, 3.8) is 0 Å². The molecule has 17 nitrogen and oxygen atoms in total. The molecular formula is C27H34N9O8P. The number of amides is 1. The quantitative estimate of drug-likeness (QED) is 0.241. The minimum absolute atomic E-state index is 0.0429. The SMILES string of the molecule is C#CCCC1(CC(=O)NCC#Cc2nc(N)c3ncn([C@H]4O[C@@H](COP(=O)(O)N5CCOCC5)C5OC(C)(C)OC54)c3n2)N=N1. The summed E-state index contributed by atoms with van der Waals surface area (Å²) >= 11 is 0. The van der Waals surface area contributed by atoms with E-state index >= 15 is 0 Å². The van der Waals surface area contributed by atoms with Crippen LogP contribution in [0.4, 0.5) is 5.82 Å². The van der Waals surface area contributed by atoms with E-state index in [9.17, 15) is 14.3 Å². The maximum atomic E-state index is 12.9. The number of nitrogen functional groups attached to an aromatic ring is 1. The van der Waals surface area contributed by atoms with Crippen LogP contribution in [0.3, 0.4) is 0 Å². The third-order valence-electron chi connectivity index (χ3n) is 7.67. The lowest BCUT2D eigenvalue weighted by Gasteiger charge is -2.30. The number of terminal acetylenes is 1. The van der Waals surface area contributed by atoms with Gasteiger partial charge in [-0.25, -0.2) is 24.2 Å². The molecule has 0 bridgehead atoms. The number of carbonyl (C=O) groups excluding carboxylic acids is 1. The molecule has 3 saturated heterocycles. The topological polar surface area (TPSA) is 210 Å². The molecule has 6 heterocycles. The van der Waals surface area contributed by atoms with Gasteiger partial charge >= 0.3 is 7.75 Å². The predicted molar refractivity (Wildman–Crippen MR) is 156 cm³/mol. The van der Waals surface area contributed by atoms with Gasteiger partial charge in [-0.05, 0) is 19.8 Å². The summed E-state index contributed by atoms with van der Waals surface area (Å²) in [6, 6.07) is 0. The number of nitrogens with zero attached hydrogens (tertiary/aromatic N) is 7. The molecule has 3 unspecified atom stereocenters. The molecule has 0 aromatic carbocycles. The molecule has 2 aromatic heterocycles. The maximum Gasteiger partial charge on any atom is 0.405 e. The zero-order valence-corrected chi connectivity index (χ0v) is 25.7. The molecule has 3 fully saturated rings. The van der Waals surface area contributed by atoms with Crippen molar-refractivity contribution in [3.05, 3.63) is 12.2 Å². The van der Waals surface area contributed by atoms with Crippen molar-refractivity contribution >= 4 is 30.6 Å². The van der Waals surface area contributed by atoms with E-state index in [1.165, 1.54) is 11.0 Å². The Labute approximate surface area is 258 Å². The molecule has 1 amide bonds. The van der Waals surface area contributed by atoms with Gasteiger partial charge in [-0.2, -0.15) is 10.2 Å². The first-order chi connectivity index (χ1) is 21.5. The van der Waals surface area contributed by atoms with Crippen LogP contribution in [0.1, 0.15) is 45.2 Å². The number of hydrogen-bond acceptors (Lipinski definition) is 13. The van der Waals surface area contributed by atoms with E-state index < -0.39 is 43.7 Å². The first-order valence-corrected chi connectivity index (χ1v) is 16.0. The summed E-state index contributed by atoms with van der Waals surface area (Å²) < 4.78 is 45.3. The first kappa shape index (κ1) is 31.5. The van der Waals surface area contributed by atoms with Crippen molar-refractivity contribution < 1.29 is 37.7 Å². The molecule has 18 heteroatoms. The second-order valence-corrected chi connectivity index (χ2v) is 13.2. The van der Waals surface area contributed by atoms with Crippen LogP contribution < -0.4 is 11.1 Å². The molecule has 4 aliphatic rings. The van der Waals surface area contributed by atoms with Crippen LogP contribution in [-0.4, -0.2) is 104 Å². The van der Waals surface area contributed by atoms with Crippen molar-refractivity contribution in [2.75, 3.05) is 45.2 Å². The number of imidazole rings is 1. The highest BCUT2D eigenvalue weighted by Crippen LogP contribution is 2.49.